The van der Waals surface area contributed by atoms with E-state index >= 15 is 0 Å². The number of primary amides is 1. The molecule has 0 aliphatic heterocycles. The third-order valence-corrected chi connectivity index (χ3v) is 5.51. The van der Waals surface area contributed by atoms with Gasteiger partial charge in [-0.2, -0.15) is 5.10 Å². The second-order valence-corrected chi connectivity index (χ2v) is 7.51. The number of hydrogen-bond acceptors (Lipinski definition) is 6. The van der Waals surface area contributed by atoms with Crippen molar-refractivity contribution in [3.63, 3.8) is 0 Å². The molecular formula is C22H27N7O. The molecule has 0 saturated heterocycles. The fourth-order valence-corrected chi connectivity index (χ4v) is 3.96. The number of rotatable bonds is 7. The first kappa shape index (κ1) is 19.9. The van der Waals surface area contributed by atoms with Gasteiger partial charge in [0.1, 0.15) is 11.6 Å². The van der Waals surface area contributed by atoms with E-state index in [0.717, 1.165) is 30.0 Å². The van der Waals surface area contributed by atoms with Crippen molar-refractivity contribution in [1.82, 2.24) is 20.1 Å². The molecule has 1 amide bonds. The van der Waals surface area contributed by atoms with Gasteiger partial charge in [0.15, 0.2) is 0 Å². The summed E-state index contributed by atoms with van der Waals surface area (Å²) >= 11 is 0. The van der Waals surface area contributed by atoms with E-state index in [1.807, 2.05) is 49.6 Å². The number of likely N-dealkylation sites (N-methyl/N-ethyl adjacent to an activating group) is 1. The van der Waals surface area contributed by atoms with Gasteiger partial charge in [0.05, 0.1) is 11.3 Å². The minimum atomic E-state index is -0.523. The minimum absolute atomic E-state index is 0.298. The van der Waals surface area contributed by atoms with Crippen LogP contribution in [0.4, 0.5) is 17.3 Å². The van der Waals surface area contributed by atoms with Crippen LogP contribution in [0.1, 0.15) is 36.0 Å². The maximum Gasteiger partial charge on any atom is 0.252 e. The van der Waals surface area contributed by atoms with Gasteiger partial charge >= 0.3 is 0 Å². The van der Waals surface area contributed by atoms with Crippen LogP contribution in [-0.2, 0) is 0 Å². The Hall–Kier alpha value is -3.39. The van der Waals surface area contributed by atoms with Gasteiger partial charge in [-0.3, -0.25) is 4.79 Å². The SMILES string of the molecule is CNC1CCCCC1Nc1ccc(C(N)=O)c(Nc2cccc(-n3cccn3)c2)n1. The highest BCUT2D eigenvalue weighted by Crippen LogP contribution is 2.25. The Morgan fingerprint density at radius 1 is 1.13 bits per heavy atom. The number of nitrogens with two attached hydrogens (primary N) is 1. The first-order valence-corrected chi connectivity index (χ1v) is 10.3. The Labute approximate surface area is 175 Å². The molecule has 1 saturated carbocycles. The largest absolute Gasteiger partial charge is 0.366 e. The molecule has 0 radical (unpaired) electrons. The smallest absolute Gasteiger partial charge is 0.252 e. The molecule has 2 unspecified atom stereocenters. The summed E-state index contributed by atoms with van der Waals surface area (Å²) in [5.41, 5.74) is 7.63. The first-order chi connectivity index (χ1) is 14.6. The lowest BCUT2D eigenvalue weighted by molar-refractivity contribution is 0.100. The Bertz CT molecular complexity index is 1000. The summed E-state index contributed by atoms with van der Waals surface area (Å²) in [7, 11) is 1.99. The third kappa shape index (κ3) is 4.44. The standard InChI is InChI=1S/C22H27N7O/c1-24-18-8-2-3-9-19(18)27-20-11-10-17(21(23)30)22(28-20)26-15-6-4-7-16(14-15)29-13-5-12-25-29/h4-7,10-14,18-19,24H,2-3,8-9H2,1H3,(H2,23,30)(H2,26,27,28). The van der Waals surface area contributed by atoms with Crippen LogP contribution < -0.4 is 21.7 Å². The van der Waals surface area contributed by atoms with Crippen molar-refractivity contribution in [2.45, 2.75) is 37.8 Å². The lowest BCUT2D eigenvalue weighted by atomic mass is 9.90. The van der Waals surface area contributed by atoms with Crippen molar-refractivity contribution in [2.75, 3.05) is 17.7 Å². The number of hydrogen-bond donors (Lipinski definition) is 4. The van der Waals surface area contributed by atoms with Gasteiger partial charge in [0.2, 0.25) is 0 Å². The number of nitrogens with zero attached hydrogens (tertiary/aromatic N) is 3. The predicted octanol–water partition coefficient (Wildman–Crippen LogP) is 3.05. The van der Waals surface area contributed by atoms with Gasteiger partial charge < -0.3 is 21.7 Å². The molecule has 8 heteroatoms. The second kappa shape index (κ2) is 8.96. The normalized spacial score (nSPS) is 18.7. The maximum absolute atomic E-state index is 12.0. The van der Waals surface area contributed by atoms with E-state index in [9.17, 15) is 4.79 Å². The number of nitrogens with one attached hydrogen (secondary N) is 3. The van der Waals surface area contributed by atoms with Gasteiger partial charge in [0, 0.05) is 30.2 Å². The van der Waals surface area contributed by atoms with Gasteiger partial charge in [-0.15, -0.1) is 0 Å². The van der Waals surface area contributed by atoms with E-state index < -0.39 is 5.91 Å². The molecule has 30 heavy (non-hydrogen) atoms. The molecule has 1 fully saturated rings. The van der Waals surface area contributed by atoms with Crippen molar-refractivity contribution in [2.24, 2.45) is 5.73 Å². The van der Waals surface area contributed by atoms with Crippen LogP contribution in [0.15, 0.2) is 54.9 Å². The molecule has 2 atom stereocenters. The number of carbonyl (C=O) groups excluding carboxylic acids is 1. The summed E-state index contributed by atoms with van der Waals surface area (Å²) < 4.78 is 1.77. The van der Waals surface area contributed by atoms with Crippen LogP contribution in [-0.4, -0.2) is 39.8 Å². The van der Waals surface area contributed by atoms with E-state index in [-0.39, 0.29) is 0 Å². The third-order valence-electron chi connectivity index (χ3n) is 5.51. The average molecular weight is 406 g/mol. The average Bonchev–Trinajstić information content (AvgIpc) is 3.29. The fourth-order valence-electron chi connectivity index (χ4n) is 3.96. The second-order valence-electron chi connectivity index (χ2n) is 7.51. The minimum Gasteiger partial charge on any atom is -0.366 e. The topological polar surface area (TPSA) is 110 Å². The van der Waals surface area contributed by atoms with Crippen LogP contribution in [0.2, 0.25) is 0 Å². The van der Waals surface area contributed by atoms with Crippen LogP contribution >= 0.6 is 0 Å². The van der Waals surface area contributed by atoms with Gasteiger partial charge in [0.25, 0.3) is 5.91 Å². The van der Waals surface area contributed by atoms with E-state index in [1.54, 1.807) is 16.9 Å². The molecule has 0 spiro atoms. The maximum atomic E-state index is 12.0. The van der Waals surface area contributed by atoms with Crippen molar-refractivity contribution in [3.05, 3.63) is 60.4 Å². The zero-order valence-corrected chi connectivity index (χ0v) is 17.0. The molecule has 3 aromatic rings. The molecule has 0 bridgehead atoms. The first-order valence-electron chi connectivity index (χ1n) is 10.3. The van der Waals surface area contributed by atoms with Crippen LogP contribution in [0, 0.1) is 0 Å². The molecule has 2 heterocycles. The summed E-state index contributed by atoms with van der Waals surface area (Å²) in [6.45, 7) is 0. The highest BCUT2D eigenvalue weighted by molar-refractivity contribution is 5.98. The van der Waals surface area contributed by atoms with E-state index in [1.165, 1.54) is 12.8 Å². The van der Waals surface area contributed by atoms with E-state index in [4.69, 9.17) is 5.73 Å². The van der Waals surface area contributed by atoms with Crippen molar-refractivity contribution in [1.29, 1.82) is 0 Å². The summed E-state index contributed by atoms with van der Waals surface area (Å²) in [5.74, 6) is 0.630. The number of pyridine rings is 1. The molecule has 1 aliphatic rings. The Balaban J connectivity index is 1.59. The Morgan fingerprint density at radius 3 is 2.70 bits per heavy atom. The lowest BCUT2D eigenvalue weighted by Crippen LogP contribution is -2.44. The Kier molecular flexibility index (Phi) is 5.94. The fraction of sp³-hybridized carbons (Fsp3) is 0.318. The molecule has 1 aromatic carbocycles. The summed E-state index contributed by atoms with van der Waals surface area (Å²) in [6, 6.07) is 13.8. The summed E-state index contributed by atoms with van der Waals surface area (Å²) in [5, 5.41) is 14.4. The van der Waals surface area contributed by atoms with Crippen LogP contribution in [0.3, 0.4) is 0 Å². The molecule has 4 rings (SSSR count). The highest BCUT2D eigenvalue weighted by Gasteiger charge is 2.24. The summed E-state index contributed by atoms with van der Waals surface area (Å²) in [6.07, 6.45) is 8.25. The zero-order valence-electron chi connectivity index (χ0n) is 17.0. The summed E-state index contributed by atoms with van der Waals surface area (Å²) in [4.78, 5) is 16.6. The number of carbonyl (C=O) groups is 1. The van der Waals surface area contributed by atoms with Crippen molar-refractivity contribution in [3.8, 4) is 5.69 Å². The number of aromatic nitrogens is 3. The predicted molar refractivity (Wildman–Crippen MR) is 118 cm³/mol. The molecule has 1 aliphatic carbocycles. The quantitative estimate of drug-likeness (QED) is 0.481. The highest BCUT2D eigenvalue weighted by atomic mass is 16.1. The molecule has 156 valence electrons. The molecule has 2 aromatic heterocycles. The van der Waals surface area contributed by atoms with E-state index in [0.29, 0.717) is 23.5 Å². The molecule has 5 N–H and O–H groups in total. The lowest BCUT2D eigenvalue weighted by Gasteiger charge is -2.32. The van der Waals surface area contributed by atoms with Gasteiger partial charge in [-0.05, 0) is 56.3 Å². The zero-order chi connectivity index (χ0) is 20.9. The van der Waals surface area contributed by atoms with Crippen molar-refractivity contribution >= 4 is 23.2 Å². The van der Waals surface area contributed by atoms with Crippen molar-refractivity contribution < 1.29 is 4.79 Å². The monoisotopic (exact) mass is 405 g/mol. The number of anilines is 3. The van der Waals surface area contributed by atoms with Crippen LogP contribution in [0.5, 0.6) is 0 Å². The number of benzene rings is 1. The van der Waals surface area contributed by atoms with Gasteiger partial charge in [-0.25, -0.2) is 9.67 Å². The van der Waals surface area contributed by atoms with Crippen LogP contribution in [0.25, 0.3) is 5.69 Å². The Morgan fingerprint density at radius 2 is 1.97 bits per heavy atom. The molecule has 8 nitrogen and oxygen atoms in total. The molecular weight excluding hydrogens is 378 g/mol. The van der Waals surface area contributed by atoms with E-state index in [2.05, 4.69) is 26.0 Å². The number of amides is 1. The van der Waals surface area contributed by atoms with Gasteiger partial charge in [-0.1, -0.05) is 18.9 Å².